The fraction of sp³-hybridized carbons (Fsp3) is 0.524. The average molecular weight is 373 g/mol. The van der Waals surface area contributed by atoms with Crippen molar-refractivity contribution in [2.75, 3.05) is 13.7 Å². The lowest BCUT2D eigenvalue weighted by Crippen LogP contribution is -2.36. The Morgan fingerprint density at radius 2 is 1.93 bits per heavy atom. The third-order valence-electron chi connectivity index (χ3n) is 4.48. The van der Waals surface area contributed by atoms with Crippen molar-refractivity contribution in [2.24, 2.45) is 4.99 Å². The number of guanidine groups is 1. The fourth-order valence-electron chi connectivity index (χ4n) is 2.98. The molecule has 0 atom stereocenters. The SMILES string of the molecule is CCNC(=NCc1cccc(COC)c1)NCc1cc(C(CC)CC)no1. The fourth-order valence-corrected chi connectivity index (χ4v) is 2.98. The zero-order chi connectivity index (χ0) is 19.5. The van der Waals surface area contributed by atoms with Crippen molar-refractivity contribution in [3.63, 3.8) is 0 Å². The van der Waals surface area contributed by atoms with Gasteiger partial charge in [0.1, 0.15) is 0 Å². The number of nitrogens with one attached hydrogen (secondary N) is 2. The van der Waals surface area contributed by atoms with Crippen LogP contribution in [0.25, 0.3) is 0 Å². The van der Waals surface area contributed by atoms with Gasteiger partial charge in [0.05, 0.1) is 25.4 Å². The lowest BCUT2D eigenvalue weighted by atomic mass is 9.99. The first-order valence-corrected chi connectivity index (χ1v) is 9.74. The summed E-state index contributed by atoms with van der Waals surface area (Å²) >= 11 is 0. The highest BCUT2D eigenvalue weighted by atomic mass is 16.5. The Morgan fingerprint density at radius 3 is 2.63 bits per heavy atom. The maximum Gasteiger partial charge on any atom is 0.191 e. The van der Waals surface area contributed by atoms with Crippen molar-refractivity contribution >= 4 is 5.96 Å². The molecule has 27 heavy (non-hydrogen) atoms. The Morgan fingerprint density at radius 1 is 1.15 bits per heavy atom. The number of nitrogens with zero attached hydrogens (tertiary/aromatic N) is 2. The van der Waals surface area contributed by atoms with E-state index in [4.69, 9.17) is 9.26 Å². The summed E-state index contributed by atoms with van der Waals surface area (Å²) in [5.41, 5.74) is 3.34. The van der Waals surface area contributed by atoms with Crippen LogP contribution in [-0.2, 0) is 24.4 Å². The van der Waals surface area contributed by atoms with Gasteiger partial charge in [0, 0.05) is 25.6 Å². The van der Waals surface area contributed by atoms with E-state index in [-0.39, 0.29) is 0 Å². The van der Waals surface area contributed by atoms with Crippen LogP contribution in [0.3, 0.4) is 0 Å². The topological polar surface area (TPSA) is 71.7 Å². The Balaban J connectivity index is 1.96. The molecule has 0 fully saturated rings. The van der Waals surface area contributed by atoms with E-state index in [0.717, 1.165) is 47.9 Å². The zero-order valence-electron chi connectivity index (χ0n) is 16.9. The van der Waals surface area contributed by atoms with Crippen LogP contribution < -0.4 is 10.6 Å². The predicted octanol–water partition coefficient (Wildman–Crippen LogP) is 3.98. The highest BCUT2D eigenvalue weighted by Crippen LogP contribution is 2.22. The van der Waals surface area contributed by atoms with E-state index in [1.165, 1.54) is 0 Å². The van der Waals surface area contributed by atoms with Crippen LogP contribution in [0.15, 0.2) is 39.8 Å². The molecule has 0 bridgehead atoms. The smallest absolute Gasteiger partial charge is 0.191 e. The first-order valence-electron chi connectivity index (χ1n) is 9.74. The Bertz CT molecular complexity index is 708. The number of hydrogen-bond donors (Lipinski definition) is 2. The van der Waals surface area contributed by atoms with Crippen LogP contribution in [0.4, 0.5) is 0 Å². The first-order chi connectivity index (χ1) is 13.2. The summed E-state index contributed by atoms with van der Waals surface area (Å²) in [6.07, 6.45) is 2.14. The lowest BCUT2D eigenvalue weighted by molar-refractivity contribution is 0.185. The predicted molar refractivity (Wildman–Crippen MR) is 109 cm³/mol. The summed E-state index contributed by atoms with van der Waals surface area (Å²) in [6, 6.07) is 10.3. The number of aromatic nitrogens is 1. The summed E-state index contributed by atoms with van der Waals surface area (Å²) in [6.45, 7) is 8.98. The Kier molecular flexibility index (Phi) is 8.84. The van der Waals surface area contributed by atoms with Crippen molar-refractivity contribution in [3.05, 3.63) is 52.9 Å². The van der Waals surface area contributed by atoms with Crippen LogP contribution in [-0.4, -0.2) is 24.8 Å². The van der Waals surface area contributed by atoms with Crippen LogP contribution in [0, 0.1) is 0 Å². The molecule has 1 aromatic carbocycles. The molecule has 0 aliphatic carbocycles. The third kappa shape index (κ3) is 6.71. The average Bonchev–Trinajstić information content (AvgIpc) is 3.14. The van der Waals surface area contributed by atoms with Crippen molar-refractivity contribution in [2.45, 2.75) is 59.2 Å². The first kappa shape index (κ1) is 21.0. The molecule has 2 rings (SSSR count). The van der Waals surface area contributed by atoms with E-state index < -0.39 is 0 Å². The molecule has 6 nitrogen and oxygen atoms in total. The Hall–Kier alpha value is -2.34. The molecular weight excluding hydrogens is 340 g/mol. The summed E-state index contributed by atoms with van der Waals surface area (Å²) in [5.74, 6) is 2.04. The van der Waals surface area contributed by atoms with Crippen molar-refractivity contribution < 1.29 is 9.26 Å². The number of aliphatic imine (C=N–C) groups is 1. The van der Waals surface area contributed by atoms with E-state index in [0.29, 0.717) is 25.6 Å². The van der Waals surface area contributed by atoms with Crippen molar-refractivity contribution in [1.29, 1.82) is 0 Å². The van der Waals surface area contributed by atoms with Gasteiger partial charge in [0.25, 0.3) is 0 Å². The van der Waals surface area contributed by atoms with Gasteiger partial charge >= 0.3 is 0 Å². The second-order valence-corrected chi connectivity index (χ2v) is 6.53. The van der Waals surface area contributed by atoms with Gasteiger partial charge in [-0.2, -0.15) is 0 Å². The van der Waals surface area contributed by atoms with E-state index in [9.17, 15) is 0 Å². The molecule has 1 heterocycles. The van der Waals surface area contributed by atoms with Crippen LogP contribution in [0.5, 0.6) is 0 Å². The molecule has 6 heteroatoms. The largest absolute Gasteiger partial charge is 0.380 e. The van der Waals surface area contributed by atoms with Gasteiger partial charge in [-0.15, -0.1) is 0 Å². The minimum absolute atomic E-state index is 0.462. The molecule has 148 valence electrons. The molecule has 0 saturated carbocycles. The van der Waals surface area contributed by atoms with Crippen LogP contribution in [0.1, 0.15) is 62.1 Å². The van der Waals surface area contributed by atoms with Crippen molar-refractivity contribution in [1.82, 2.24) is 15.8 Å². The number of hydrogen-bond acceptors (Lipinski definition) is 4. The van der Waals surface area contributed by atoms with E-state index in [1.807, 2.05) is 12.1 Å². The summed E-state index contributed by atoms with van der Waals surface area (Å²) in [4.78, 5) is 4.67. The molecule has 0 spiro atoms. The molecule has 0 amide bonds. The number of methoxy groups -OCH3 is 1. The summed E-state index contributed by atoms with van der Waals surface area (Å²) in [7, 11) is 1.70. The van der Waals surface area contributed by atoms with Gasteiger partial charge in [0.15, 0.2) is 11.7 Å². The number of rotatable bonds is 10. The Labute approximate surface area is 162 Å². The molecule has 2 N–H and O–H groups in total. The van der Waals surface area contributed by atoms with Gasteiger partial charge < -0.3 is 19.9 Å². The van der Waals surface area contributed by atoms with Gasteiger partial charge in [-0.25, -0.2) is 4.99 Å². The van der Waals surface area contributed by atoms with Gasteiger partial charge in [-0.1, -0.05) is 43.3 Å². The number of benzene rings is 1. The van der Waals surface area contributed by atoms with Crippen LogP contribution >= 0.6 is 0 Å². The molecule has 0 unspecified atom stereocenters. The molecule has 0 saturated heterocycles. The summed E-state index contributed by atoms with van der Waals surface area (Å²) < 4.78 is 10.7. The second-order valence-electron chi connectivity index (χ2n) is 6.53. The molecular formula is C21H32N4O2. The maximum absolute atomic E-state index is 5.47. The zero-order valence-corrected chi connectivity index (χ0v) is 16.9. The standard InChI is InChI=1S/C21H32N4O2/c1-5-18(6-2)20-12-19(27-25-20)14-24-21(22-7-3)23-13-16-9-8-10-17(11-16)15-26-4/h8-12,18H,5-7,13-15H2,1-4H3,(H2,22,23,24). The summed E-state index contributed by atoms with van der Waals surface area (Å²) in [5, 5.41) is 10.8. The quantitative estimate of drug-likeness (QED) is 0.487. The minimum atomic E-state index is 0.462. The van der Waals surface area contributed by atoms with Crippen LogP contribution in [0.2, 0.25) is 0 Å². The monoisotopic (exact) mass is 372 g/mol. The molecule has 0 aliphatic rings. The van der Waals surface area contributed by atoms with Gasteiger partial charge in [-0.05, 0) is 30.9 Å². The molecule has 0 radical (unpaired) electrons. The normalized spacial score (nSPS) is 11.8. The van der Waals surface area contributed by atoms with E-state index in [2.05, 4.69) is 59.8 Å². The molecule has 2 aromatic rings. The van der Waals surface area contributed by atoms with Crippen molar-refractivity contribution in [3.8, 4) is 0 Å². The second kappa shape index (κ2) is 11.4. The molecule has 0 aliphatic heterocycles. The number of ether oxygens (including phenoxy) is 1. The van der Waals surface area contributed by atoms with Gasteiger partial charge in [0.2, 0.25) is 0 Å². The lowest BCUT2D eigenvalue weighted by Gasteiger charge is -2.10. The minimum Gasteiger partial charge on any atom is -0.380 e. The maximum atomic E-state index is 5.47. The highest BCUT2D eigenvalue weighted by molar-refractivity contribution is 5.79. The van der Waals surface area contributed by atoms with Gasteiger partial charge in [-0.3, -0.25) is 0 Å². The van der Waals surface area contributed by atoms with E-state index >= 15 is 0 Å². The van der Waals surface area contributed by atoms with E-state index in [1.54, 1.807) is 7.11 Å². The molecule has 1 aromatic heterocycles. The third-order valence-corrected chi connectivity index (χ3v) is 4.48. The highest BCUT2D eigenvalue weighted by Gasteiger charge is 2.13.